The van der Waals surface area contributed by atoms with E-state index in [0.29, 0.717) is 23.4 Å². The van der Waals surface area contributed by atoms with Crippen LogP contribution in [0.4, 0.5) is 0 Å². The maximum atomic E-state index is 11.7. The van der Waals surface area contributed by atoms with Gasteiger partial charge in [-0.15, -0.1) is 0 Å². The fourth-order valence-corrected chi connectivity index (χ4v) is 6.18. The number of carbonyl (C=O) groups excluding carboxylic acids is 1. The number of hydrogen-bond donors (Lipinski definition) is 1. The Bertz CT molecular complexity index is 530. The zero-order chi connectivity index (χ0) is 14.6. The van der Waals surface area contributed by atoms with Gasteiger partial charge in [0.15, 0.2) is 5.78 Å². The van der Waals surface area contributed by atoms with Gasteiger partial charge in [0.25, 0.3) is 0 Å². The van der Waals surface area contributed by atoms with Crippen LogP contribution in [-0.4, -0.2) is 10.9 Å². The van der Waals surface area contributed by atoms with Crippen molar-refractivity contribution >= 4 is 5.78 Å². The smallest absolute Gasteiger partial charge is 0.155 e. The van der Waals surface area contributed by atoms with Crippen LogP contribution in [0, 0.1) is 29.1 Å². The van der Waals surface area contributed by atoms with Crippen molar-refractivity contribution in [1.29, 1.82) is 0 Å². The molecule has 0 amide bonds. The van der Waals surface area contributed by atoms with Gasteiger partial charge in [-0.25, -0.2) is 0 Å². The highest BCUT2D eigenvalue weighted by atomic mass is 16.3. The number of ketones is 1. The first kappa shape index (κ1) is 13.6. The molecule has 0 radical (unpaired) electrons. The van der Waals surface area contributed by atoms with Gasteiger partial charge in [0.1, 0.15) is 0 Å². The molecule has 4 aliphatic carbocycles. The van der Waals surface area contributed by atoms with Crippen molar-refractivity contribution in [2.75, 3.05) is 0 Å². The van der Waals surface area contributed by atoms with E-state index in [1.165, 1.54) is 18.4 Å². The zero-order valence-corrected chi connectivity index (χ0v) is 13.0. The highest BCUT2D eigenvalue weighted by molar-refractivity contribution is 5.91. The molecule has 5 atom stereocenters. The van der Waals surface area contributed by atoms with Crippen LogP contribution in [0.5, 0.6) is 0 Å². The average molecular weight is 286 g/mol. The molecule has 0 heterocycles. The quantitative estimate of drug-likeness (QED) is 0.766. The molecule has 114 valence electrons. The van der Waals surface area contributed by atoms with Crippen LogP contribution in [0.25, 0.3) is 0 Å². The molecule has 5 unspecified atom stereocenters. The van der Waals surface area contributed by atoms with E-state index in [4.69, 9.17) is 0 Å². The number of carbonyl (C=O) groups is 1. The third-order valence-electron chi connectivity index (χ3n) is 7.21. The van der Waals surface area contributed by atoms with Gasteiger partial charge in [-0.2, -0.15) is 0 Å². The van der Waals surface area contributed by atoms with Gasteiger partial charge < -0.3 is 5.11 Å². The fourth-order valence-electron chi connectivity index (χ4n) is 6.18. The van der Waals surface area contributed by atoms with Crippen molar-refractivity contribution in [3.05, 3.63) is 23.5 Å². The van der Waals surface area contributed by atoms with Gasteiger partial charge in [-0.05, 0) is 80.8 Å². The molecule has 0 bridgehead atoms. The second-order valence-electron chi connectivity index (χ2n) is 7.68. The van der Waals surface area contributed by atoms with Crippen molar-refractivity contribution in [2.45, 2.75) is 58.3 Å². The normalized spacial score (nSPS) is 45.3. The fraction of sp³-hybridized carbons (Fsp3) is 0.737. The maximum absolute atomic E-state index is 11.7. The largest absolute Gasteiger partial charge is 0.512 e. The predicted octanol–water partition coefficient (Wildman–Crippen LogP) is 4.57. The monoisotopic (exact) mass is 286 g/mol. The minimum atomic E-state index is 0.0901. The molecule has 4 rings (SSSR count). The van der Waals surface area contributed by atoms with Gasteiger partial charge in [-0.1, -0.05) is 12.5 Å². The van der Waals surface area contributed by atoms with Crippen molar-refractivity contribution in [2.24, 2.45) is 29.1 Å². The van der Waals surface area contributed by atoms with E-state index in [2.05, 4.69) is 13.0 Å². The van der Waals surface area contributed by atoms with Gasteiger partial charge in [-0.3, -0.25) is 4.79 Å². The highest BCUT2D eigenvalue weighted by Crippen LogP contribution is 2.62. The number of allylic oxidation sites excluding steroid dienone is 4. The first-order chi connectivity index (χ1) is 10.2. The third kappa shape index (κ3) is 1.80. The van der Waals surface area contributed by atoms with E-state index in [9.17, 15) is 9.90 Å². The van der Waals surface area contributed by atoms with Gasteiger partial charge in [0.05, 0.1) is 5.76 Å². The Morgan fingerprint density at radius 2 is 2.10 bits per heavy atom. The summed E-state index contributed by atoms with van der Waals surface area (Å²) in [6, 6.07) is 0. The lowest BCUT2D eigenvalue weighted by Gasteiger charge is -2.53. The lowest BCUT2D eigenvalue weighted by atomic mass is 9.51. The molecule has 4 aliphatic rings. The van der Waals surface area contributed by atoms with Gasteiger partial charge >= 0.3 is 0 Å². The summed E-state index contributed by atoms with van der Waals surface area (Å²) < 4.78 is 0. The van der Waals surface area contributed by atoms with Crippen LogP contribution in [-0.2, 0) is 4.79 Å². The topological polar surface area (TPSA) is 37.3 Å². The Balaban J connectivity index is 1.64. The third-order valence-corrected chi connectivity index (χ3v) is 7.21. The van der Waals surface area contributed by atoms with Crippen molar-refractivity contribution in [3.8, 4) is 0 Å². The highest BCUT2D eigenvalue weighted by Gasteiger charge is 2.55. The minimum Gasteiger partial charge on any atom is -0.512 e. The Hall–Kier alpha value is -1.05. The summed E-state index contributed by atoms with van der Waals surface area (Å²) in [6.07, 6.45) is 12.8. The molecule has 0 aromatic rings. The Labute approximate surface area is 127 Å². The molecular weight excluding hydrogens is 260 g/mol. The molecule has 0 saturated heterocycles. The van der Waals surface area contributed by atoms with Crippen LogP contribution < -0.4 is 0 Å². The predicted molar refractivity (Wildman–Crippen MR) is 82.8 cm³/mol. The maximum Gasteiger partial charge on any atom is 0.155 e. The molecule has 2 fully saturated rings. The molecule has 2 saturated carbocycles. The average Bonchev–Trinajstić information content (AvgIpc) is 2.84. The van der Waals surface area contributed by atoms with Crippen LogP contribution in [0.15, 0.2) is 23.5 Å². The lowest BCUT2D eigenvalue weighted by molar-refractivity contribution is -0.116. The van der Waals surface area contributed by atoms with Crippen molar-refractivity contribution < 1.29 is 9.90 Å². The van der Waals surface area contributed by atoms with E-state index in [-0.39, 0.29) is 5.41 Å². The summed E-state index contributed by atoms with van der Waals surface area (Å²) in [7, 11) is 0. The summed E-state index contributed by atoms with van der Waals surface area (Å²) in [5, 5.41) is 10.4. The van der Waals surface area contributed by atoms with Gasteiger partial charge in [0.2, 0.25) is 0 Å². The number of rotatable bonds is 1. The summed E-state index contributed by atoms with van der Waals surface area (Å²) >= 11 is 0. The Kier molecular flexibility index (Phi) is 3.06. The first-order valence-corrected chi connectivity index (χ1v) is 8.78. The van der Waals surface area contributed by atoms with E-state index >= 15 is 0 Å². The van der Waals surface area contributed by atoms with Crippen LogP contribution in [0.1, 0.15) is 58.3 Å². The number of aliphatic hydroxyl groups excluding tert-OH is 1. The molecule has 0 aromatic heterocycles. The summed E-state index contributed by atoms with van der Waals surface area (Å²) in [5.74, 6) is 3.88. The summed E-state index contributed by atoms with van der Waals surface area (Å²) in [4.78, 5) is 11.7. The first-order valence-electron chi connectivity index (χ1n) is 8.78. The molecular formula is C19H26O2. The van der Waals surface area contributed by atoms with Crippen LogP contribution in [0.3, 0.4) is 0 Å². The summed E-state index contributed by atoms with van der Waals surface area (Å²) in [6.45, 7) is 2.25. The van der Waals surface area contributed by atoms with E-state index in [1.807, 2.05) is 6.08 Å². The molecule has 2 nitrogen and oxygen atoms in total. The summed E-state index contributed by atoms with van der Waals surface area (Å²) in [5.41, 5.74) is 1.54. The molecule has 2 heteroatoms. The van der Waals surface area contributed by atoms with Gasteiger partial charge in [0, 0.05) is 11.8 Å². The van der Waals surface area contributed by atoms with Crippen LogP contribution in [0.2, 0.25) is 0 Å². The number of fused-ring (bicyclic) bond motifs is 5. The Morgan fingerprint density at radius 3 is 2.90 bits per heavy atom. The molecule has 21 heavy (non-hydrogen) atoms. The van der Waals surface area contributed by atoms with E-state index in [1.54, 1.807) is 0 Å². The van der Waals surface area contributed by atoms with E-state index in [0.717, 1.165) is 50.4 Å². The molecule has 0 aliphatic heterocycles. The Morgan fingerprint density at radius 1 is 1.24 bits per heavy atom. The second-order valence-corrected chi connectivity index (χ2v) is 7.68. The van der Waals surface area contributed by atoms with Crippen LogP contribution >= 0.6 is 0 Å². The second kappa shape index (κ2) is 4.72. The molecule has 0 aromatic carbocycles. The number of hydrogen-bond acceptors (Lipinski definition) is 2. The number of aliphatic hydroxyl groups is 1. The molecule has 0 spiro atoms. The standard InChI is InChI=1S/C19H26O2/c1-2-19-10-9-15-14-6-4-13(20)11-12(14)3-5-16(15)17(19)7-8-18(19)21/h8,11,14-17,21H,2-7,9-10H2,1H3. The minimum absolute atomic E-state index is 0.0901. The van der Waals surface area contributed by atoms with E-state index < -0.39 is 0 Å². The lowest BCUT2D eigenvalue weighted by Crippen LogP contribution is -2.46. The zero-order valence-electron chi connectivity index (χ0n) is 13.0. The SMILES string of the molecule is CCC12CCC3C4CCC(=O)C=C4CCC3C1CC=C2O. The molecule has 1 N–H and O–H groups in total. The van der Waals surface area contributed by atoms with Crippen molar-refractivity contribution in [1.82, 2.24) is 0 Å². The van der Waals surface area contributed by atoms with Crippen molar-refractivity contribution in [3.63, 3.8) is 0 Å².